The number of benzene rings is 1. The highest BCUT2D eigenvalue weighted by molar-refractivity contribution is 5.67. The Morgan fingerprint density at radius 3 is 2.59 bits per heavy atom. The van der Waals surface area contributed by atoms with Gasteiger partial charge in [-0.15, -0.1) is 0 Å². The van der Waals surface area contributed by atoms with Gasteiger partial charge in [0.05, 0.1) is 4.92 Å². The molecule has 92 valence electrons. The lowest BCUT2D eigenvalue weighted by atomic mass is 10.0. The number of alkyl halides is 2. The molecule has 0 saturated heterocycles. The summed E-state index contributed by atoms with van der Waals surface area (Å²) in [6.45, 7) is 0. The molecule has 0 aliphatic rings. The Morgan fingerprint density at radius 2 is 2.12 bits per heavy atom. The number of rotatable bonds is 5. The Labute approximate surface area is 94.8 Å². The molecule has 17 heavy (non-hydrogen) atoms. The minimum Gasteiger partial charge on any atom is -0.481 e. The third kappa shape index (κ3) is 3.47. The topological polar surface area (TPSA) is 80.4 Å². The number of non-ortho nitro benzene ring substituents is 1. The Hall–Kier alpha value is -2.05. The molecule has 0 fully saturated rings. The average molecular weight is 245 g/mol. The van der Waals surface area contributed by atoms with Crippen LogP contribution in [0.2, 0.25) is 0 Å². The van der Waals surface area contributed by atoms with Crippen LogP contribution < -0.4 is 0 Å². The van der Waals surface area contributed by atoms with Crippen LogP contribution in [0.5, 0.6) is 0 Å². The van der Waals surface area contributed by atoms with Gasteiger partial charge in [0.15, 0.2) is 0 Å². The number of carboxylic acids is 1. The van der Waals surface area contributed by atoms with Crippen molar-refractivity contribution in [3.8, 4) is 0 Å². The average Bonchev–Trinajstić information content (AvgIpc) is 2.25. The molecule has 0 amide bonds. The summed E-state index contributed by atoms with van der Waals surface area (Å²) in [6, 6.07) is 3.04. The van der Waals surface area contributed by atoms with E-state index >= 15 is 0 Å². The lowest BCUT2D eigenvalue weighted by Crippen LogP contribution is -2.02. The van der Waals surface area contributed by atoms with E-state index in [1.807, 2.05) is 0 Å². The van der Waals surface area contributed by atoms with Gasteiger partial charge < -0.3 is 5.11 Å². The van der Waals surface area contributed by atoms with Crippen LogP contribution in [0.25, 0.3) is 0 Å². The van der Waals surface area contributed by atoms with Gasteiger partial charge in [-0.1, -0.05) is 6.07 Å². The zero-order chi connectivity index (χ0) is 13.0. The van der Waals surface area contributed by atoms with Crippen molar-refractivity contribution < 1.29 is 23.6 Å². The van der Waals surface area contributed by atoms with Gasteiger partial charge >= 0.3 is 5.97 Å². The first-order valence-corrected chi connectivity index (χ1v) is 4.69. The van der Waals surface area contributed by atoms with Gasteiger partial charge in [-0.05, 0) is 12.0 Å². The highest BCUT2D eigenvalue weighted by atomic mass is 19.3. The highest BCUT2D eigenvalue weighted by Crippen LogP contribution is 2.27. The molecule has 0 spiro atoms. The van der Waals surface area contributed by atoms with E-state index in [9.17, 15) is 23.7 Å². The third-order valence-electron chi connectivity index (χ3n) is 2.18. The van der Waals surface area contributed by atoms with Crippen LogP contribution >= 0.6 is 0 Å². The lowest BCUT2D eigenvalue weighted by molar-refractivity contribution is -0.385. The van der Waals surface area contributed by atoms with E-state index in [1.54, 1.807) is 0 Å². The first-order valence-electron chi connectivity index (χ1n) is 4.69. The molecule has 5 nitrogen and oxygen atoms in total. The van der Waals surface area contributed by atoms with Crippen molar-refractivity contribution >= 4 is 11.7 Å². The van der Waals surface area contributed by atoms with E-state index in [2.05, 4.69) is 0 Å². The number of nitrogens with zero attached hydrogens (tertiary/aromatic N) is 1. The molecule has 7 heteroatoms. The molecule has 1 rings (SSSR count). The van der Waals surface area contributed by atoms with E-state index in [1.165, 1.54) is 6.07 Å². The summed E-state index contributed by atoms with van der Waals surface area (Å²) < 4.78 is 25.3. The standard InChI is InChI=1S/C10H9F2NO4/c11-10(12)8-5-7(13(16)17)3-1-6(8)2-4-9(14)15/h1,3,5,10H,2,4H2,(H,14,15). The van der Waals surface area contributed by atoms with Crippen molar-refractivity contribution in [3.05, 3.63) is 39.4 Å². The maximum absolute atomic E-state index is 12.6. The van der Waals surface area contributed by atoms with Gasteiger partial charge in [0, 0.05) is 24.1 Å². The zero-order valence-corrected chi connectivity index (χ0v) is 8.60. The SMILES string of the molecule is O=C(O)CCc1ccc([N+](=O)[O-])cc1C(F)F. The third-order valence-corrected chi connectivity index (χ3v) is 2.18. The van der Waals surface area contributed by atoms with Gasteiger partial charge in [-0.25, -0.2) is 8.78 Å². The highest BCUT2D eigenvalue weighted by Gasteiger charge is 2.18. The second-order valence-electron chi connectivity index (χ2n) is 3.33. The van der Waals surface area contributed by atoms with Crippen LogP contribution in [0.4, 0.5) is 14.5 Å². The van der Waals surface area contributed by atoms with Crippen molar-refractivity contribution in [1.29, 1.82) is 0 Å². The summed E-state index contributed by atoms with van der Waals surface area (Å²) in [5.74, 6) is -1.11. The van der Waals surface area contributed by atoms with Crippen LogP contribution in [0, 0.1) is 10.1 Å². The minimum absolute atomic E-state index is 0.0764. The number of halogens is 2. The molecule has 0 aliphatic heterocycles. The Morgan fingerprint density at radius 1 is 1.47 bits per heavy atom. The van der Waals surface area contributed by atoms with Crippen LogP contribution in [0.1, 0.15) is 24.0 Å². The molecule has 0 unspecified atom stereocenters. The van der Waals surface area contributed by atoms with Gasteiger partial charge in [0.2, 0.25) is 0 Å². The number of aryl methyl sites for hydroxylation is 1. The normalized spacial score (nSPS) is 10.5. The molecule has 0 radical (unpaired) electrons. The maximum Gasteiger partial charge on any atom is 0.303 e. The second kappa shape index (κ2) is 5.33. The van der Waals surface area contributed by atoms with Crippen LogP contribution in [0.3, 0.4) is 0 Å². The number of hydrogen-bond donors (Lipinski definition) is 1. The fourth-order valence-electron chi connectivity index (χ4n) is 1.37. The van der Waals surface area contributed by atoms with Crippen molar-refractivity contribution in [1.82, 2.24) is 0 Å². The van der Waals surface area contributed by atoms with E-state index in [0.717, 1.165) is 12.1 Å². The molecular weight excluding hydrogens is 236 g/mol. The van der Waals surface area contributed by atoms with Gasteiger partial charge in [0.1, 0.15) is 0 Å². The zero-order valence-electron chi connectivity index (χ0n) is 8.60. The first kappa shape index (κ1) is 13.0. The molecule has 0 aliphatic carbocycles. The monoisotopic (exact) mass is 245 g/mol. The molecule has 1 aromatic carbocycles. The van der Waals surface area contributed by atoms with Gasteiger partial charge in [-0.2, -0.15) is 0 Å². The number of carboxylic acid groups (broad SMARTS) is 1. The molecule has 0 saturated carbocycles. The second-order valence-corrected chi connectivity index (χ2v) is 3.33. The van der Waals surface area contributed by atoms with Crippen molar-refractivity contribution in [2.75, 3.05) is 0 Å². The Kier molecular flexibility index (Phi) is 4.08. The molecule has 0 heterocycles. The van der Waals surface area contributed by atoms with E-state index in [-0.39, 0.29) is 18.4 Å². The van der Waals surface area contributed by atoms with Crippen molar-refractivity contribution in [2.24, 2.45) is 0 Å². The molecule has 0 aromatic heterocycles. The van der Waals surface area contributed by atoms with E-state index in [4.69, 9.17) is 5.11 Å². The Bertz CT molecular complexity index is 448. The Balaban J connectivity index is 3.04. The number of carbonyl (C=O) groups is 1. The van der Waals surface area contributed by atoms with Gasteiger partial charge in [0.25, 0.3) is 12.1 Å². The predicted octanol–water partition coefficient (Wildman–Crippen LogP) is 2.55. The fourth-order valence-corrected chi connectivity index (χ4v) is 1.37. The molecule has 0 bridgehead atoms. The number of nitro benzene ring substituents is 1. The van der Waals surface area contributed by atoms with Crippen LogP contribution in [-0.4, -0.2) is 16.0 Å². The predicted molar refractivity (Wildman–Crippen MR) is 54.0 cm³/mol. The van der Waals surface area contributed by atoms with Gasteiger partial charge in [-0.3, -0.25) is 14.9 Å². The van der Waals surface area contributed by atoms with Crippen LogP contribution in [-0.2, 0) is 11.2 Å². The number of hydrogen-bond acceptors (Lipinski definition) is 3. The summed E-state index contributed by atoms with van der Waals surface area (Å²) in [5, 5.41) is 18.9. The molecular formula is C10H9F2NO4. The summed E-state index contributed by atoms with van der Waals surface area (Å²) in [6.07, 6.45) is -3.23. The van der Waals surface area contributed by atoms with Crippen molar-refractivity contribution in [3.63, 3.8) is 0 Å². The molecule has 1 aromatic rings. The summed E-state index contributed by atoms with van der Waals surface area (Å²) in [4.78, 5) is 20.0. The largest absolute Gasteiger partial charge is 0.481 e. The lowest BCUT2D eigenvalue weighted by Gasteiger charge is -2.07. The van der Waals surface area contributed by atoms with E-state index < -0.39 is 28.6 Å². The minimum atomic E-state index is -2.86. The van der Waals surface area contributed by atoms with E-state index in [0.29, 0.717) is 0 Å². The van der Waals surface area contributed by atoms with Crippen LogP contribution in [0.15, 0.2) is 18.2 Å². The smallest absolute Gasteiger partial charge is 0.303 e. The summed E-state index contributed by atoms with van der Waals surface area (Å²) >= 11 is 0. The number of nitro groups is 1. The summed E-state index contributed by atoms with van der Waals surface area (Å²) in [5.41, 5.74) is -0.798. The van der Waals surface area contributed by atoms with Crippen molar-refractivity contribution in [2.45, 2.75) is 19.3 Å². The number of aliphatic carboxylic acids is 1. The first-order chi connectivity index (χ1) is 7.91. The maximum atomic E-state index is 12.6. The molecule has 0 atom stereocenters. The summed E-state index contributed by atoms with van der Waals surface area (Å²) in [7, 11) is 0. The quantitative estimate of drug-likeness (QED) is 0.638. The fraction of sp³-hybridized carbons (Fsp3) is 0.300. The molecule has 1 N–H and O–H groups in total.